The van der Waals surface area contributed by atoms with Gasteiger partial charge in [-0.2, -0.15) is 0 Å². The molecule has 0 fully saturated rings. The number of H-pyrrole nitrogens is 1. The van der Waals surface area contributed by atoms with E-state index in [2.05, 4.69) is 9.97 Å². The molecule has 0 atom stereocenters. The van der Waals surface area contributed by atoms with Gasteiger partial charge in [0, 0.05) is 16.5 Å². The predicted molar refractivity (Wildman–Crippen MR) is 62.7 cm³/mol. The van der Waals surface area contributed by atoms with Crippen molar-refractivity contribution < 1.29 is 0 Å². The lowest BCUT2D eigenvalue weighted by atomic mass is 10.1. The first-order valence-corrected chi connectivity index (χ1v) is 4.89. The fourth-order valence-electron chi connectivity index (χ4n) is 1.99. The van der Waals surface area contributed by atoms with Crippen LogP contribution in [0.25, 0.3) is 21.8 Å². The number of imidazole rings is 1. The summed E-state index contributed by atoms with van der Waals surface area (Å²) in [7, 11) is 0. The largest absolute Gasteiger partial charge is 0.398 e. The van der Waals surface area contributed by atoms with Gasteiger partial charge in [0.1, 0.15) is 5.82 Å². The summed E-state index contributed by atoms with van der Waals surface area (Å²) < 4.78 is 0. The Morgan fingerprint density at radius 2 is 1.93 bits per heavy atom. The molecule has 0 saturated heterocycles. The van der Waals surface area contributed by atoms with Gasteiger partial charge in [0.05, 0.1) is 11.0 Å². The molecule has 0 radical (unpaired) electrons. The smallest absolute Gasteiger partial charge is 0.104 e. The third-order valence-electron chi connectivity index (χ3n) is 2.64. The maximum Gasteiger partial charge on any atom is 0.104 e. The molecule has 3 aromatic rings. The maximum atomic E-state index is 5.98. The monoisotopic (exact) mass is 197 g/mol. The summed E-state index contributed by atoms with van der Waals surface area (Å²) in [5, 5.41) is 2.17. The van der Waals surface area contributed by atoms with Gasteiger partial charge in [0.2, 0.25) is 0 Å². The van der Waals surface area contributed by atoms with E-state index in [9.17, 15) is 0 Å². The first-order valence-electron chi connectivity index (χ1n) is 4.89. The Balaban J connectivity index is 2.62. The number of nitrogen functional groups attached to an aromatic ring is 1. The SMILES string of the molecule is Cc1nc2c(cc(N)c3ccccc32)[nH]1. The summed E-state index contributed by atoms with van der Waals surface area (Å²) >= 11 is 0. The summed E-state index contributed by atoms with van der Waals surface area (Å²) in [4.78, 5) is 7.67. The first-order chi connectivity index (χ1) is 7.25. The van der Waals surface area contributed by atoms with Crippen molar-refractivity contribution in [2.45, 2.75) is 6.92 Å². The van der Waals surface area contributed by atoms with Crippen molar-refractivity contribution in [2.75, 3.05) is 5.73 Å². The van der Waals surface area contributed by atoms with Crippen LogP contribution in [0, 0.1) is 6.92 Å². The van der Waals surface area contributed by atoms with E-state index < -0.39 is 0 Å². The highest BCUT2D eigenvalue weighted by Crippen LogP contribution is 2.28. The molecule has 3 N–H and O–H groups in total. The number of aromatic nitrogens is 2. The molecule has 3 rings (SSSR count). The summed E-state index contributed by atoms with van der Waals surface area (Å²) in [5.74, 6) is 0.917. The molecular weight excluding hydrogens is 186 g/mol. The normalized spacial score (nSPS) is 11.3. The van der Waals surface area contributed by atoms with E-state index in [-0.39, 0.29) is 0 Å². The second kappa shape index (κ2) is 2.73. The summed E-state index contributed by atoms with van der Waals surface area (Å²) in [6, 6.07) is 10.0. The molecule has 0 amide bonds. The van der Waals surface area contributed by atoms with E-state index in [0.717, 1.165) is 33.3 Å². The van der Waals surface area contributed by atoms with Gasteiger partial charge in [0.25, 0.3) is 0 Å². The Morgan fingerprint density at radius 3 is 2.73 bits per heavy atom. The van der Waals surface area contributed by atoms with Gasteiger partial charge in [-0.15, -0.1) is 0 Å². The number of rotatable bonds is 0. The van der Waals surface area contributed by atoms with Gasteiger partial charge in [-0.05, 0) is 13.0 Å². The van der Waals surface area contributed by atoms with E-state index in [1.165, 1.54) is 0 Å². The Kier molecular flexibility index (Phi) is 1.51. The lowest BCUT2D eigenvalue weighted by Crippen LogP contribution is -1.87. The summed E-state index contributed by atoms with van der Waals surface area (Å²) in [6.07, 6.45) is 0. The van der Waals surface area contributed by atoms with Crippen LogP contribution >= 0.6 is 0 Å². The number of hydrogen-bond donors (Lipinski definition) is 2. The molecule has 0 bridgehead atoms. The van der Waals surface area contributed by atoms with Crippen LogP contribution in [0.1, 0.15) is 5.82 Å². The van der Waals surface area contributed by atoms with Crippen LogP contribution in [0.5, 0.6) is 0 Å². The van der Waals surface area contributed by atoms with Crippen LogP contribution in [0.2, 0.25) is 0 Å². The minimum atomic E-state index is 0.793. The van der Waals surface area contributed by atoms with Crippen molar-refractivity contribution in [3.8, 4) is 0 Å². The Hall–Kier alpha value is -2.03. The number of nitrogens with one attached hydrogen (secondary N) is 1. The molecule has 3 nitrogen and oxygen atoms in total. The number of nitrogens with zero attached hydrogens (tertiary/aromatic N) is 1. The quantitative estimate of drug-likeness (QED) is 0.544. The highest BCUT2D eigenvalue weighted by atomic mass is 14.9. The number of fused-ring (bicyclic) bond motifs is 3. The molecule has 0 unspecified atom stereocenters. The average molecular weight is 197 g/mol. The highest BCUT2D eigenvalue weighted by Gasteiger charge is 2.06. The van der Waals surface area contributed by atoms with E-state index in [1.54, 1.807) is 0 Å². The molecule has 0 aliphatic rings. The van der Waals surface area contributed by atoms with Crippen molar-refractivity contribution in [1.82, 2.24) is 9.97 Å². The molecule has 1 aromatic heterocycles. The van der Waals surface area contributed by atoms with Crippen molar-refractivity contribution in [3.63, 3.8) is 0 Å². The van der Waals surface area contributed by atoms with Crippen LogP contribution in [0.15, 0.2) is 30.3 Å². The van der Waals surface area contributed by atoms with E-state index >= 15 is 0 Å². The lowest BCUT2D eigenvalue weighted by molar-refractivity contribution is 1.17. The van der Waals surface area contributed by atoms with E-state index in [1.807, 2.05) is 37.3 Å². The Labute approximate surface area is 86.9 Å². The van der Waals surface area contributed by atoms with Crippen LogP contribution in [-0.4, -0.2) is 9.97 Å². The minimum Gasteiger partial charge on any atom is -0.398 e. The number of aryl methyl sites for hydroxylation is 1. The Bertz CT molecular complexity index is 652. The number of anilines is 1. The molecule has 74 valence electrons. The molecule has 0 aliphatic carbocycles. The van der Waals surface area contributed by atoms with Crippen molar-refractivity contribution in [1.29, 1.82) is 0 Å². The van der Waals surface area contributed by atoms with Gasteiger partial charge in [-0.1, -0.05) is 24.3 Å². The van der Waals surface area contributed by atoms with E-state index in [4.69, 9.17) is 5.73 Å². The number of hydrogen-bond acceptors (Lipinski definition) is 2. The molecule has 2 aromatic carbocycles. The Morgan fingerprint density at radius 1 is 1.20 bits per heavy atom. The average Bonchev–Trinajstić information content (AvgIpc) is 2.59. The van der Waals surface area contributed by atoms with E-state index in [0.29, 0.717) is 0 Å². The minimum absolute atomic E-state index is 0.793. The van der Waals surface area contributed by atoms with Gasteiger partial charge in [0.15, 0.2) is 0 Å². The fraction of sp³-hybridized carbons (Fsp3) is 0.0833. The standard InChI is InChI=1S/C12H11N3/c1-7-14-11-6-10(13)8-4-2-3-5-9(8)12(11)15-7/h2-6H,13H2,1H3,(H,14,15). The number of nitrogens with two attached hydrogens (primary N) is 1. The lowest BCUT2D eigenvalue weighted by Gasteiger charge is -2.01. The van der Waals surface area contributed by atoms with Gasteiger partial charge < -0.3 is 10.7 Å². The molecule has 0 saturated carbocycles. The zero-order chi connectivity index (χ0) is 10.4. The van der Waals surface area contributed by atoms with Crippen LogP contribution < -0.4 is 5.73 Å². The van der Waals surface area contributed by atoms with Crippen LogP contribution in [0.4, 0.5) is 5.69 Å². The molecule has 3 heteroatoms. The van der Waals surface area contributed by atoms with Gasteiger partial charge in [-0.3, -0.25) is 0 Å². The second-order valence-corrected chi connectivity index (χ2v) is 3.73. The topological polar surface area (TPSA) is 54.7 Å². The molecule has 0 aliphatic heterocycles. The molecule has 0 spiro atoms. The van der Waals surface area contributed by atoms with Gasteiger partial charge in [-0.25, -0.2) is 4.98 Å². The third kappa shape index (κ3) is 1.09. The van der Waals surface area contributed by atoms with Crippen LogP contribution in [0.3, 0.4) is 0 Å². The van der Waals surface area contributed by atoms with Crippen molar-refractivity contribution >= 4 is 27.5 Å². The van der Waals surface area contributed by atoms with Crippen LogP contribution in [-0.2, 0) is 0 Å². The van der Waals surface area contributed by atoms with Crippen molar-refractivity contribution in [3.05, 3.63) is 36.2 Å². The summed E-state index contributed by atoms with van der Waals surface area (Å²) in [6.45, 7) is 1.95. The zero-order valence-corrected chi connectivity index (χ0v) is 8.41. The van der Waals surface area contributed by atoms with Crippen molar-refractivity contribution in [2.24, 2.45) is 0 Å². The summed E-state index contributed by atoms with van der Waals surface area (Å²) in [5.41, 5.74) is 8.78. The zero-order valence-electron chi connectivity index (χ0n) is 8.41. The third-order valence-corrected chi connectivity index (χ3v) is 2.64. The second-order valence-electron chi connectivity index (χ2n) is 3.73. The molecular formula is C12H11N3. The number of benzene rings is 2. The molecule has 1 heterocycles. The predicted octanol–water partition coefficient (Wildman–Crippen LogP) is 2.61. The molecule has 15 heavy (non-hydrogen) atoms. The highest BCUT2D eigenvalue weighted by molar-refractivity contribution is 6.09. The first kappa shape index (κ1) is 8.29. The van der Waals surface area contributed by atoms with Gasteiger partial charge >= 0.3 is 0 Å². The number of aromatic amines is 1. The maximum absolute atomic E-state index is 5.98. The fourth-order valence-corrected chi connectivity index (χ4v) is 1.99.